The van der Waals surface area contributed by atoms with Gasteiger partial charge in [0.05, 0.1) is 0 Å². The normalized spacial score (nSPS) is 11.6. The van der Waals surface area contributed by atoms with Gasteiger partial charge in [-0.15, -0.1) is 0 Å². The molecule has 0 saturated carbocycles. The number of benzene rings is 1. The fourth-order valence-electron chi connectivity index (χ4n) is 1.57. The first-order valence-electron chi connectivity index (χ1n) is 5.62. The maximum absolute atomic E-state index is 11.8. The van der Waals surface area contributed by atoms with Crippen LogP contribution in [0.1, 0.15) is 22.1 Å². The van der Waals surface area contributed by atoms with Gasteiger partial charge in [-0.2, -0.15) is 5.10 Å². The van der Waals surface area contributed by atoms with Crippen molar-refractivity contribution in [2.24, 2.45) is 0 Å². The average molecular weight is 274 g/mol. The first kappa shape index (κ1) is 13.4. The zero-order chi connectivity index (χ0) is 14.5. The molecule has 8 nitrogen and oxygen atoms in total. The number of carbonyl (C=O) groups excluding carboxylic acids is 2. The van der Waals surface area contributed by atoms with Crippen molar-refractivity contribution >= 4 is 12.2 Å². The second-order valence-corrected chi connectivity index (χ2v) is 3.85. The molecule has 102 valence electrons. The average Bonchev–Trinajstić information content (AvgIpc) is 2.45. The molecule has 1 amide bonds. The highest BCUT2D eigenvalue weighted by atomic mass is 16.2. The van der Waals surface area contributed by atoms with Crippen molar-refractivity contribution in [2.45, 2.75) is 6.04 Å². The standard InChI is InChI=1S/C12H10N4O4/c17-6-8(7-4-2-1-3-5-7)13-10(18)9-11(19)14-12(20)16-15-9/h1-6,8H,(H,13,18)(H2,14,16,19,20). The minimum atomic E-state index is -0.927. The Labute approximate surface area is 111 Å². The Morgan fingerprint density at radius 1 is 1.25 bits per heavy atom. The van der Waals surface area contributed by atoms with Gasteiger partial charge in [0.2, 0.25) is 5.69 Å². The Kier molecular flexibility index (Phi) is 3.85. The minimum absolute atomic E-state index is 0.521. The zero-order valence-corrected chi connectivity index (χ0v) is 10.1. The molecule has 0 radical (unpaired) electrons. The van der Waals surface area contributed by atoms with Crippen LogP contribution < -0.4 is 16.6 Å². The summed E-state index contributed by atoms with van der Waals surface area (Å²) < 4.78 is 0. The zero-order valence-electron chi connectivity index (χ0n) is 10.1. The number of aromatic nitrogens is 3. The third-order valence-electron chi connectivity index (χ3n) is 2.51. The number of hydrogen-bond donors (Lipinski definition) is 3. The number of carbonyl (C=O) groups is 2. The Hall–Kier alpha value is -3.03. The van der Waals surface area contributed by atoms with E-state index < -0.39 is 28.9 Å². The molecule has 2 aromatic rings. The SMILES string of the molecule is O=CC(NC(=O)c1n[nH]c(=O)[nH]c1=O)c1ccccc1. The lowest BCUT2D eigenvalue weighted by Crippen LogP contribution is -2.37. The second-order valence-electron chi connectivity index (χ2n) is 3.85. The largest absolute Gasteiger partial charge is 0.342 e. The Bertz CT molecular complexity index is 735. The van der Waals surface area contributed by atoms with E-state index in [-0.39, 0.29) is 0 Å². The van der Waals surface area contributed by atoms with E-state index in [1.165, 1.54) is 0 Å². The molecule has 0 aliphatic carbocycles. The van der Waals surface area contributed by atoms with Gasteiger partial charge in [0.1, 0.15) is 12.3 Å². The van der Waals surface area contributed by atoms with Crippen LogP contribution in [-0.2, 0) is 4.79 Å². The fraction of sp³-hybridized carbons (Fsp3) is 0.0833. The monoisotopic (exact) mass is 274 g/mol. The summed E-state index contributed by atoms with van der Waals surface area (Å²) in [5, 5.41) is 7.64. The van der Waals surface area contributed by atoms with Gasteiger partial charge in [0.15, 0.2) is 0 Å². The maximum atomic E-state index is 11.8. The van der Waals surface area contributed by atoms with E-state index >= 15 is 0 Å². The Morgan fingerprint density at radius 2 is 1.95 bits per heavy atom. The highest BCUT2D eigenvalue weighted by Gasteiger charge is 2.18. The lowest BCUT2D eigenvalue weighted by molar-refractivity contribution is -0.109. The third kappa shape index (κ3) is 2.86. The number of amides is 1. The molecule has 1 aromatic carbocycles. The summed E-state index contributed by atoms with van der Waals surface area (Å²) in [4.78, 5) is 47.0. The van der Waals surface area contributed by atoms with Crippen LogP contribution in [0.25, 0.3) is 0 Å². The van der Waals surface area contributed by atoms with Crippen molar-refractivity contribution in [3.05, 3.63) is 62.4 Å². The maximum Gasteiger partial charge on any atom is 0.342 e. The first-order chi connectivity index (χ1) is 9.61. The van der Waals surface area contributed by atoms with Crippen LogP contribution in [0, 0.1) is 0 Å². The summed E-state index contributed by atoms with van der Waals surface area (Å²) in [7, 11) is 0. The molecule has 20 heavy (non-hydrogen) atoms. The van der Waals surface area contributed by atoms with E-state index in [4.69, 9.17) is 0 Å². The highest BCUT2D eigenvalue weighted by Crippen LogP contribution is 2.09. The van der Waals surface area contributed by atoms with E-state index in [0.717, 1.165) is 0 Å². The van der Waals surface area contributed by atoms with E-state index in [1.54, 1.807) is 30.3 Å². The lowest BCUT2D eigenvalue weighted by atomic mass is 10.1. The van der Waals surface area contributed by atoms with Crippen LogP contribution in [0.4, 0.5) is 0 Å². The topological polar surface area (TPSA) is 125 Å². The van der Waals surface area contributed by atoms with E-state index in [9.17, 15) is 19.2 Å². The molecule has 0 fully saturated rings. The van der Waals surface area contributed by atoms with E-state index in [2.05, 4.69) is 10.4 Å². The molecule has 1 unspecified atom stereocenters. The third-order valence-corrected chi connectivity index (χ3v) is 2.51. The number of rotatable bonds is 4. The van der Waals surface area contributed by atoms with Crippen molar-refractivity contribution in [1.29, 1.82) is 0 Å². The highest BCUT2D eigenvalue weighted by molar-refractivity contribution is 5.93. The quantitative estimate of drug-likeness (QED) is 0.625. The molecule has 0 bridgehead atoms. The van der Waals surface area contributed by atoms with Crippen LogP contribution in [-0.4, -0.2) is 27.4 Å². The van der Waals surface area contributed by atoms with Crippen LogP contribution in [0.2, 0.25) is 0 Å². The van der Waals surface area contributed by atoms with Crippen LogP contribution in [0.3, 0.4) is 0 Å². The van der Waals surface area contributed by atoms with Gasteiger partial charge in [0.25, 0.3) is 11.5 Å². The van der Waals surface area contributed by atoms with Crippen LogP contribution >= 0.6 is 0 Å². The number of hydrogen-bond acceptors (Lipinski definition) is 5. The summed E-state index contributed by atoms with van der Waals surface area (Å²) in [5.41, 5.74) is -1.70. The number of aldehydes is 1. The van der Waals surface area contributed by atoms with Gasteiger partial charge in [0, 0.05) is 0 Å². The van der Waals surface area contributed by atoms with Crippen molar-refractivity contribution in [2.75, 3.05) is 0 Å². The van der Waals surface area contributed by atoms with E-state index in [0.29, 0.717) is 11.8 Å². The van der Waals surface area contributed by atoms with Crippen molar-refractivity contribution in [3.63, 3.8) is 0 Å². The molecule has 3 N–H and O–H groups in total. The summed E-state index contributed by atoms with van der Waals surface area (Å²) >= 11 is 0. The first-order valence-corrected chi connectivity index (χ1v) is 5.62. The van der Waals surface area contributed by atoms with Gasteiger partial charge >= 0.3 is 5.69 Å². The summed E-state index contributed by atoms with van der Waals surface area (Å²) in [6, 6.07) is 7.60. The van der Waals surface area contributed by atoms with Crippen molar-refractivity contribution in [1.82, 2.24) is 20.5 Å². The Morgan fingerprint density at radius 3 is 2.55 bits per heavy atom. The molecule has 0 spiro atoms. The van der Waals surface area contributed by atoms with Crippen molar-refractivity contribution in [3.8, 4) is 0 Å². The molecular formula is C12H10N4O4. The number of nitrogens with one attached hydrogen (secondary N) is 3. The summed E-state index contributed by atoms with van der Waals surface area (Å²) in [6.07, 6.45) is 0.535. The summed E-state index contributed by atoms with van der Waals surface area (Å²) in [6.45, 7) is 0. The van der Waals surface area contributed by atoms with Gasteiger partial charge in [-0.25, -0.2) is 9.89 Å². The number of nitrogens with zero attached hydrogens (tertiary/aromatic N) is 1. The van der Waals surface area contributed by atoms with Gasteiger partial charge in [-0.3, -0.25) is 14.6 Å². The molecule has 0 aliphatic rings. The number of H-pyrrole nitrogens is 2. The predicted octanol–water partition coefficient (Wildman–Crippen LogP) is -0.872. The van der Waals surface area contributed by atoms with Gasteiger partial charge < -0.3 is 10.1 Å². The fourth-order valence-corrected chi connectivity index (χ4v) is 1.57. The van der Waals surface area contributed by atoms with Gasteiger partial charge in [-0.1, -0.05) is 30.3 Å². The number of aromatic amines is 2. The van der Waals surface area contributed by atoms with Crippen LogP contribution in [0.5, 0.6) is 0 Å². The molecule has 1 heterocycles. The second kappa shape index (κ2) is 5.74. The molecule has 0 saturated heterocycles. The molecular weight excluding hydrogens is 264 g/mol. The Balaban J connectivity index is 2.24. The van der Waals surface area contributed by atoms with Crippen LogP contribution in [0.15, 0.2) is 39.9 Å². The smallest absolute Gasteiger partial charge is 0.337 e. The molecule has 1 atom stereocenters. The van der Waals surface area contributed by atoms with Gasteiger partial charge in [-0.05, 0) is 5.56 Å². The minimum Gasteiger partial charge on any atom is -0.337 e. The molecule has 1 aromatic heterocycles. The lowest BCUT2D eigenvalue weighted by Gasteiger charge is -2.11. The molecule has 0 aliphatic heterocycles. The molecule has 8 heteroatoms. The summed E-state index contributed by atoms with van der Waals surface area (Å²) in [5.74, 6) is -0.858. The van der Waals surface area contributed by atoms with Crippen molar-refractivity contribution < 1.29 is 9.59 Å². The van der Waals surface area contributed by atoms with E-state index in [1.807, 2.05) is 10.1 Å². The molecule has 2 rings (SSSR count). The predicted molar refractivity (Wildman–Crippen MR) is 68.2 cm³/mol.